The third kappa shape index (κ3) is 3.73. The van der Waals surface area contributed by atoms with Crippen LogP contribution in [-0.4, -0.2) is 28.4 Å². The molecule has 0 aliphatic carbocycles. The quantitative estimate of drug-likeness (QED) is 0.817. The lowest BCUT2D eigenvalue weighted by Gasteiger charge is -2.13. The third-order valence-electron chi connectivity index (χ3n) is 2.00. The molecular formula is C11H17N3OS. The summed E-state index contributed by atoms with van der Waals surface area (Å²) in [5.74, 6) is 1.74. The van der Waals surface area contributed by atoms with E-state index < -0.39 is 0 Å². The van der Waals surface area contributed by atoms with E-state index in [1.54, 1.807) is 30.1 Å². The molecule has 0 aromatic carbocycles. The van der Waals surface area contributed by atoms with E-state index in [0.29, 0.717) is 11.4 Å². The Labute approximate surface area is 100 Å². The summed E-state index contributed by atoms with van der Waals surface area (Å²) in [7, 11) is 0. The van der Waals surface area contributed by atoms with Crippen molar-refractivity contribution in [2.75, 3.05) is 17.2 Å². The minimum absolute atomic E-state index is 0.124. The van der Waals surface area contributed by atoms with E-state index in [4.69, 9.17) is 5.73 Å². The van der Waals surface area contributed by atoms with Crippen molar-refractivity contribution >= 4 is 23.4 Å². The van der Waals surface area contributed by atoms with Crippen molar-refractivity contribution < 1.29 is 4.79 Å². The van der Waals surface area contributed by atoms with Gasteiger partial charge in [0.15, 0.2) is 5.69 Å². The van der Waals surface area contributed by atoms with Crippen LogP contribution < -0.4 is 11.1 Å². The second kappa shape index (κ2) is 6.37. The molecule has 1 rings (SSSR count). The van der Waals surface area contributed by atoms with Gasteiger partial charge < -0.3 is 11.1 Å². The van der Waals surface area contributed by atoms with Gasteiger partial charge in [-0.15, -0.1) is 0 Å². The van der Waals surface area contributed by atoms with E-state index in [-0.39, 0.29) is 11.9 Å². The molecule has 1 amide bonds. The zero-order valence-electron chi connectivity index (χ0n) is 9.56. The molecule has 0 aliphatic heterocycles. The molecule has 1 heterocycles. The van der Waals surface area contributed by atoms with Gasteiger partial charge in [0.05, 0.1) is 5.69 Å². The van der Waals surface area contributed by atoms with Gasteiger partial charge in [0.1, 0.15) is 0 Å². The third-order valence-corrected chi connectivity index (χ3v) is 3.15. The monoisotopic (exact) mass is 239 g/mol. The van der Waals surface area contributed by atoms with Crippen molar-refractivity contribution in [2.45, 2.75) is 19.9 Å². The summed E-state index contributed by atoms with van der Waals surface area (Å²) in [6.45, 7) is 4.07. The summed E-state index contributed by atoms with van der Waals surface area (Å²) < 4.78 is 0. The number of nitrogens with zero attached hydrogens (tertiary/aromatic N) is 1. The molecule has 16 heavy (non-hydrogen) atoms. The fourth-order valence-electron chi connectivity index (χ4n) is 1.24. The van der Waals surface area contributed by atoms with Crippen molar-refractivity contribution in [1.82, 2.24) is 10.3 Å². The van der Waals surface area contributed by atoms with Crippen LogP contribution in [0, 0.1) is 0 Å². The van der Waals surface area contributed by atoms with E-state index in [0.717, 1.165) is 11.5 Å². The Balaban J connectivity index is 2.56. The number of amides is 1. The van der Waals surface area contributed by atoms with Crippen LogP contribution in [0.1, 0.15) is 24.3 Å². The zero-order chi connectivity index (χ0) is 12.0. The molecule has 1 aromatic heterocycles. The molecule has 5 heteroatoms. The van der Waals surface area contributed by atoms with Crippen LogP contribution in [-0.2, 0) is 0 Å². The molecule has 1 unspecified atom stereocenters. The Kier molecular flexibility index (Phi) is 5.11. The lowest BCUT2D eigenvalue weighted by Crippen LogP contribution is -2.35. The van der Waals surface area contributed by atoms with Gasteiger partial charge in [0.25, 0.3) is 5.91 Å². The summed E-state index contributed by atoms with van der Waals surface area (Å²) in [5, 5.41) is 2.87. The topological polar surface area (TPSA) is 68.0 Å². The number of aromatic nitrogens is 1. The molecule has 0 fully saturated rings. The van der Waals surface area contributed by atoms with Gasteiger partial charge in [-0.05, 0) is 24.8 Å². The Bertz CT molecular complexity index is 357. The largest absolute Gasteiger partial charge is 0.397 e. The molecule has 1 atom stereocenters. The van der Waals surface area contributed by atoms with Crippen LogP contribution in [0.2, 0.25) is 0 Å². The van der Waals surface area contributed by atoms with E-state index in [1.807, 2.05) is 6.92 Å². The van der Waals surface area contributed by atoms with Crippen LogP contribution in [0.3, 0.4) is 0 Å². The number of carbonyl (C=O) groups is 1. The van der Waals surface area contributed by atoms with E-state index >= 15 is 0 Å². The number of hydrogen-bond acceptors (Lipinski definition) is 4. The van der Waals surface area contributed by atoms with E-state index in [1.165, 1.54) is 0 Å². The number of rotatable bonds is 5. The van der Waals surface area contributed by atoms with Gasteiger partial charge in [0, 0.05) is 18.0 Å². The normalized spacial score (nSPS) is 12.1. The van der Waals surface area contributed by atoms with Crippen molar-refractivity contribution in [2.24, 2.45) is 0 Å². The highest BCUT2D eigenvalue weighted by Crippen LogP contribution is 2.08. The SMILES string of the molecule is CCSCC(C)NC(=O)c1ncccc1N. The van der Waals surface area contributed by atoms with Crippen molar-refractivity contribution in [3.8, 4) is 0 Å². The average molecular weight is 239 g/mol. The van der Waals surface area contributed by atoms with Crippen molar-refractivity contribution in [3.05, 3.63) is 24.0 Å². The minimum atomic E-state index is -0.206. The molecule has 0 spiro atoms. The van der Waals surface area contributed by atoms with Gasteiger partial charge in [-0.1, -0.05) is 6.92 Å². The van der Waals surface area contributed by atoms with Crippen LogP contribution in [0.25, 0.3) is 0 Å². The molecule has 0 bridgehead atoms. The highest BCUT2D eigenvalue weighted by molar-refractivity contribution is 7.99. The molecule has 0 saturated heterocycles. The highest BCUT2D eigenvalue weighted by atomic mass is 32.2. The predicted molar refractivity (Wildman–Crippen MR) is 68.6 cm³/mol. The first-order chi connectivity index (χ1) is 7.65. The Morgan fingerprint density at radius 3 is 3.06 bits per heavy atom. The molecule has 3 N–H and O–H groups in total. The summed E-state index contributed by atoms with van der Waals surface area (Å²) in [4.78, 5) is 15.7. The maximum atomic E-state index is 11.8. The van der Waals surface area contributed by atoms with Crippen LogP contribution >= 0.6 is 11.8 Å². The summed E-state index contributed by atoms with van der Waals surface area (Å²) in [5.41, 5.74) is 6.38. The molecule has 0 aliphatic rings. The van der Waals surface area contributed by atoms with Gasteiger partial charge >= 0.3 is 0 Å². The molecule has 4 nitrogen and oxygen atoms in total. The molecule has 0 saturated carbocycles. The standard InChI is InChI=1S/C11H17N3OS/c1-3-16-7-8(2)14-11(15)10-9(12)5-4-6-13-10/h4-6,8H,3,7,12H2,1-2H3,(H,14,15). The number of thioether (sulfide) groups is 1. The smallest absolute Gasteiger partial charge is 0.272 e. The zero-order valence-corrected chi connectivity index (χ0v) is 10.4. The first kappa shape index (κ1) is 12.8. The number of nitrogen functional groups attached to an aromatic ring is 1. The molecule has 1 aromatic rings. The van der Waals surface area contributed by atoms with Gasteiger partial charge in [0.2, 0.25) is 0 Å². The van der Waals surface area contributed by atoms with Crippen LogP contribution in [0.5, 0.6) is 0 Å². The molecule has 0 radical (unpaired) electrons. The number of nitrogens with two attached hydrogens (primary N) is 1. The van der Waals surface area contributed by atoms with Gasteiger partial charge in [-0.25, -0.2) is 4.98 Å². The van der Waals surface area contributed by atoms with E-state index in [9.17, 15) is 4.79 Å². The number of pyridine rings is 1. The Morgan fingerprint density at radius 1 is 1.69 bits per heavy atom. The second-order valence-electron chi connectivity index (χ2n) is 3.48. The summed E-state index contributed by atoms with van der Waals surface area (Å²) in [6.07, 6.45) is 1.57. The van der Waals surface area contributed by atoms with E-state index in [2.05, 4.69) is 17.2 Å². The molecule has 88 valence electrons. The maximum Gasteiger partial charge on any atom is 0.272 e. The second-order valence-corrected chi connectivity index (χ2v) is 4.79. The lowest BCUT2D eigenvalue weighted by molar-refractivity contribution is 0.0940. The number of anilines is 1. The van der Waals surface area contributed by atoms with Gasteiger partial charge in [-0.3, -0.25) is 4.79 Å². The first-order valence-electron chi connectivity index (χ1n) is 5.24. The number of hydrogen-bond donors (Lipinski definition) is 2. The first-order valence-corrected chi connectivity index (χ1v) is 6.39. The maximum absolute atomic E-state index is 11.8. The highest BCUT2D eigenvalue weighted by Gasteiger charge is 2.13. The minimum Gasteiger partial charge on any atom is -0.397 e. The average Bonchev–Trinajstić information content (AvgIpc) is 2.26. The van der Waals surface area contributed by atoms with Gasteiger partial charge in [-0.2, -0.15) is 11.8 Å². The number of nitrogens with one attached hydrogen (secondary N) is 1. The fraction of sp³-hybridized carbons (Fsp3) is 0.455. The lowest BCUT2D eigenvalue weighted by atomic mass is 10.2. The Morgan fingerprint density at radius 2 is 2.44 bits per heavy atom. The molecular weight excluding hydrogens is 222 g/mol. The predicted octanol–water partition coefficient (Wildman–Crippen LogP) is 1.54. The van der Waals surface area contributed by atoms with Crippen molar-refractivity contribution in [3.63, 3.8) is 0 Å². The summed E-state index contributed by atoms with van der Waals surface area (Å²) >= 11 is 1.79. The van der Waals surface area contributed by atoms with Crippen molar-refractivity contribution in [1.29, 1.82) is 0 Å². The fourth-order valence-corrected chi connectivity index (χ4v) is 1.91. The van der Waals surface area contributed by atoms with Crippen LogP contribution in [0.4, 0.5) is 5.69 Å². The summed E-state index contributed by atoms with van der Waals surface area (Å²) in [6, 6.07) is 3.51. The van der Waals surface area contributed by atoms with Crippen LogP contribution in [0.15, 0.2) is 18.3 Å². The Hall–Kier alpha value is -1.23. The number of carbonyl (C=O) groups excluding carboxylic acids is 1.